The lowest BCUT2D eigenvalue weighted by atomic mass is 10.1. The van der Waals surface area contributed by atoms with Crippen LogP contribution in [0.4, 0.5) is 0 Å². The summed E-state index contributed by atoms with van der Waals surface area (Å²) >= 11 is 0. The highest BCUT2D eigenvalue weighted by molar-refractivity contribution is 5.81. The van der Waals surface area contributed by atoms with E-state index in [2.05, 4.69) is 0 Å². The van der Waals surface area contributed by atoms with Crippen molar-refractivity contribution in [1.29, 1.82) is 0 Å². The SMILES string of the molecule is NNC(=O)[C@@H](O)c1ccccc1. The summed E-state index contributed by atoms with van der Waals surface area (Å²) in [5.74, 6) is 4.24. The van der Waals surface area contributed by atoms with Gasteiger partial charge in [-0.3, -0.25) is 10.2 Å². The van der Waals surface area contributed by atoms with Crippen molar-refractivity contribution in [3.05, 3.63) is 35.9 Å². The number of carbonyl (C=O) groups excluding carboxylic acids is 1. The topological polar surface area (TPSA) is 75.3 Å². The fourth-order valence-corrected chi connectivity index (χ4v) is 0.866. The molecule has 4 heteroatoms. The minimum atomic E-state index is -1.18. The Kier molecular flexibility index (Phi) is 2.79. The lowest BCUT2D eigenvalue weighted by Gasteiger charge is -2.07. The van der Waals surface area contributed by atoms with Crippen molar-refractivity contribution in [1.82, 2.24) is 5.43 Å². The van der Waals surface area contributed by atoms with Crippen LogP contribution in [0.25, 0.3) is 0 Å². The molecule has 12 heavy (non-hydrogen) atoms. The number of nitrogens with one attached hydrogen (secondary N) is 1. The molecule has 0 aliphatic rings. The van der Waals surface area contributed by atoms with E-state index < -0.39 is 12.0 Å². The van der Waals surface area contributed by atoms with Crippen LogP contribution in [0.5, 0.6) is 0 Å². The Morgan fingerprint density at radius 1 is 1.42 bits per heavy atom. The van der Waals surface area contributed by atoms with Crippen molar-refractivity contribution in [3.63, 3.8) is 0 Å². The number of nitrogens with two attached hydrogens (primary N) is 1. The summed E-state index contributed by atoms with van der Waals surface area (Å²) in [6.07, 6.45) is -1.18. The second-order valence-corrected chi connectivity index (χ2v) is 2.32. The Hall–Kier alpha value is -1.39. The van der Waals surface area contributed by atoms with Crippen LogP contribution in [-0.2, 0) is 4.79 Å². The standard InChI is InChI=1S/C8H10N2O2/c9-10-8(12)7(11)6-4-2-1-3-5-6/h1-5,7,11H,9H2,(H,10,12)/t7-/m0/s1. The molecule has 1 atom stereocenters. The van der Waals surface area contributed by atoms with Crippen LogP contribution in [-0.4, -0.2) is 11.0 Å². The van der Waals surface area contributed by atoms with Gasteiger partial charge in [0.15, 0.2) is 6.10 Å². The fraction of sp³-hybridized carbons (Fsp3) is 0.125. The smallest absolute Gasteiger partial charge is 0.267 e. The molecular weight excluding hydrogens is 156 g/mol. The molecule has 0 radical (unpaired) electrons. The molecule has 0 heterocycles. The molecule has 0 saturated heterocycles. The zero-order chi connectivity index (χ0) is 8.97. The normalized spacial score (nSPS) is 12.2. The molecule has 0 unspecified atom stereocenters. The molecule has 4 nitrogen and oxygen atoms in total. The number of hydrazine groups is 1. The highest BCUT2D eigenvalue weighted by Crippen LogP contribution is 2.10. The largest absolute Gasteiger partial charge is 0.378 e. The van der Waals surface area contributed by atoms with Crippen LogP contribution < -0.4 is 11.3 Å². The number of hydrogen-bond donors (Lipinski definition) is 3. The number of rotatable bonds is 2. The van der Waals surface area contributed by atoms with Gasteiger partial charge < -0.3 is 5.11 Å². The molecule has 64 valence electrons. The van der Waals surface area contributed by atoms with E-state index >= 15 is 0 Å². The van der Waals surface area contributed by atoms with Gasteiger partial charge in [0.1, 0.15) is 0 Å². The Morgan fingerprint density at radius 3 is 2.50 bits per heavy atom. The summed E-state index contributed by atoms with van der Waals surface area (Å²) in [5.41, 5.74) is 2.40. The van der Waals surface area contributed by atoms with Crippen molar-refractivity contribution in [3.8, 4) is 0 Å². The third kappa shape index (κ3) is 1.81. The highest BCUT2D eigenvalue weighted by atomic mass is 16.3. The Bertz CT molecular complexity index is 261. The number of aliphatic hydroxyl groups is 1. The first-order chi connectivity index (χ1) is 5.75. The maximum absolute atomic E-state index is 10.8. The van der Waals surface area contributed by atoms with Gasteiger partial charge >= 0.3 is 0 Å². The molecule has 1 amide bonds. The van der Waals surface area contributed by atoms with Gasteiger partial charge in [0.05, 0.1) is 0 Å². The fourth-order valence-electron chi connectivity index (χ4n) is 0.866. The quantitative estimate of drug-likeness (QED) is 0.321. The third-order valence-corrected chi connectivity index (χ3v) is 1.51. The lowest BCUT2D eigenvalue weighted by Crippen LogP contribution is -2.34. The number of aliphatic hydroxyl groups excluding tert-OH is 1. The van der Waals surface area contributed by atoms with Gasteiger partial charge in [-0.1, -0.05) is 30.3 Å². The molecule has 1 aromatic carbocycles. The molecule has 0 aromatic heterocycles. The second-order valence-electron chi connectivity index (χ2n) is 2.32. The summed E-state index contributed by atoms with van der Waals surface area (Å²) < 4.78 is 0. The summed E-state index contributed by atoms with van der Waals surface area (Å²) in [6, 6.07) is 8.58. The lowest BCUT2D eigenvalue weighted by molar-refractivity contribution is -0.129. The Balaban J connectivity index is 2.78. The van der Waals surface area contributed by atoms with Crippen LogP contribution in [0.3, 0.4) is 0 Å². The molecule has 0 aliphatic carbocycles. The van der Waals surface area contributed by atoms with Crippen molar-refractivity contribution >= 4 is 5.91 Å². The molecule has 0 saturated carbocycles. The van der Waals surface area contributed by atoms with Crippen LogP contribution in [0, 0.1) is 0 Å². The molecule has 1 rings (SSSR count). The molecular formula is C8H10N2O2. The van der Waals surface area contributed by atoms with Gasteiger partial charge in [-0.2, -0.15) is 0 Å². The molecule has 0 fully saturated rings. The van der Waals surface area contributed by atoms with Gasteiger partial charge in [-0.05, 0) is 5.56 Å². The van der Waals surface area contributed by atoms with Crippen LogP contribution >= 0.6 is 0 Å². The molecule has 4 N–H and O–H groups in total. The first kappa shape index (κ1) is 8.70. The summed E-state index contributed by atoms with van der Waals surface area (Å²) in [6.45, 7) is 0. The summed E-state index contributed by atoms with van der Waals surface area (Å²) in [4.78, 5) is 10.8. The number of hydrogen-bond acceptors (Lipinski definition) is 3. The van der Waals surface area contributed by atoms with E-state index in [0.29, 0.717) is 5.56 Å². The third-order valence-electron chi connectivity index (χ3n) is 1.51. The van der Waals surface area contributed by atoms with Crippen LogP contribution in [0.1, 0.15) is 11.7 Å². The molecule has 0 aliphatic heterocycles. The zero-order valence-electron chi connectivity index (χ0n) is 6.40. The Labute approximate surface area is 70.0 Å². The van der Waals surface area contributed by atoms with Gasteiger partial charge in [0, 0.05) is 0 Å². The predicted molar refractivity (Wildman–Crippen MR) is 43.7 cm³/mol. The van der Waals surface area contributed by atoms with Crippen LogP contribution in [0.15, 0.2) is 30.3 Å². The highest BCUT2D eigenvalue weighted by Gasteiger charge is 2.14. The van der Waals surface area contributed by atoms with E-state index in [1.165, 1.54) is 0 Å². The van der Waals surface area contributed by atoms with Crippen molar-refractivity contribution in [2.75, 3.05) is 0 Å². The van der Waals surface area contributed by atoms with E-state index in [0.717, 1.165) is 0 Å². The van der Waals surface area contributed by atoms with Crippen molar-refractivity contribution in [2.45, 2.75) is 6.10 Å². The monoisotopic (exact) mass is 166 g/mol. The summed E-state index contributed by atoms with van der Waals surface area (Å²) in [5, 5.41) is 9.30. The second kappa shape index (κ2) is 3.85. The van der Waals surface area contributed by atoms with Gasteiger partial charge in [-0.25, -0.2) is 5.84 Å². The zero-order valence-corrected chi connectivity index (χ0v) is 6.40. The number of benzene rings is 1. The molecule has 0 spiro atoms. The van der Waals surface area contributed by atoms with E-state index in [1.807, 2.05) is 5.43 Å². The van der Waals surface area contributed by atoms with Crippen molar-refractivity contribution < 1.29 is 9.90 Å². The van der Waals surface area contributed by atoms with E-state index in [1.54, 1.807) is 30.3 Å². The minimum absolute atomic E-state index is 0.528. The van der Waals surface area contributed by atoms with E-state index in [4.69, 9.17) is 5.84 Å². The van der Waals surface area contributed by atoms with E-state index in [9.17, 15) is 9.90 Å². The van der Waals surface area contributed by atoms with Crippen molar-refractivity contribution in [2.24, 2.45) is 5.84 Å². The maximum atomic E-state index is 10.8. The van der Waals surface area contributed by atoms with E-state index in [-0.39, 0.29) is 0 Å². The first-order valence-corrected chi connectivity index (χ1v) is 3.49. The minimum Gasteiger partial charge on any atom is -0.378 e. The number of carbonyl (C=O) groups is 1. The molecule has 0 bridgehead atoms. The number of amides is 1. The van der Waals surface area contributed by atoms with Gasteiger partial charge in [-0.15, -0.1) is 0 Å². The Morgan fingerprint density at radius 2 is 2.00 bits per heavy atom. The average Bonchev–Trinajstić information content (AvgIpc) is 2.17. The molecule has 1 aromatic rings. The predicted octanol–water partition coefficient (Wildman–Crippen LogP) is -0.290. The summed E-state index contributed by atoms with van der Waals surface area (Å²) in [7, 11) is 0. The van der Waals surface area contributed by atoms with Gasteiger partial charge in [0.2, 0.25) is 0 Å². The van der Waals surface area contributed by atoms with Crippen LogP contribution in [0.2, 0.25) is 0 Å². The van der Waals surface area contributed by atoms with Gasteiger partial charge in [0.25, 0.3) is 5.91 Å². The average molecular weight is 166 g/mol. The first-order valence-electron chi connectivity index (χ1n) is 3.49. The maximum Gasteiger partial charge on any atom is 0.267 e.